The van der Waals surface area contributed by atoms with Crippen LogP contribution in [0, 0.1) is 0 Å². The Morgan fingerprint density at radius 3 is 2.90 bits per heavy atom. The van der Waals surface area contributed by atoms with Crippen molar-refractivity contribution in [2.45, 2.75) is 70.4 Å². The summed E-state index contributed by atoms with van der Waals surface area (Å²) in [7, 11) is 0. The maximum Gasteiger partial charge on any atom is 0.0650 e. The summed E-state index contributed by atoms with van der Waals surface area (Å²) < 4.78 is 7.51. The van der Waals surface area contributed by atoms with Crippen LogP contribution in [-0.2, 0) is 11.2 Å². The summed E-state index contributed by atoms with van der Waals surface area (Å²) in [5.74, 6) is 0. The Morgan fingerprint density at radius 2 is 2.15 bits per heavy atom. The molecule has 1 N–H and O–H groups in total. The predicted molar refractivity (Wildman–Crippen MR) is 79.8 cm³/mol. The second-order valence-corrected chi connectivity index (χ2v) is 5.84. The molecule has 1 atom stereocenters. The van der Waals surface area contributed by atoms with Crippen molar-refractivity contribution in [1.29, 1.82) is 0 Å². The molecule has 1 aromatic rings. The summed E-state index contributed by atoms with van der Waals surface area (Å²) in [6, 6.07) is 2.62. The quantitative estimate of drug-likeness (QED) is 0.744. The number of hydrogen-bond acceptors (Lipinski definition) is 3. The van der Waals surface area contributed by atoms with Crippen LogP contribution in [0.1, 0.15) is 63.6 Å². The van der Waals surface area contributed by atoms with Gasteiger partial charge >= 0.3 is 0 Å². The Kier molecular flexibility index (Phi) is 6.54. The van der Waals surface area contributed by atoms with Crippen LogP contribution in [0.15, 0.2) is 12.3 Å². The van der Waals surface area contributed by atoms with E-state index in [2.05, 4.69) is 22.9 Å². The zero-order valence-electron chi connectivity index (χ0n) is 12.6. The molecule has 1 heterocycles. The van der Waals surface area contributed by atoms with Crippen LogP contribution in [0.3, 0.4) is 0 Å². The summed E-state index contributed by atoms with van der Waals surface area (Å²) in [5.41, 5.74) is 0.999. The lowest BCUT2D eigenvalue weighted by atomic mass is 9.96. The van der Waals surface area contributed by atoms with E-state index in [4.69, 9.17) is 4.74 Å². The largest absolute Gasteiger partial charge is 0.393 e. The van der Waals surface area contributed by atoms with E-state index >= 15 is 0 Å². The zero-order valence-corrected chi connectivity index (χ0v) is 12.6. The molecule has 4 heteroatoms. The molecule has 1 fully saturated rings. The van der Waals surface area contributed by atoms with Gasteiger partial charge in [0.2, 0.25) is 0 Å². The first-order valence-electron chi connectivity index (χ1n) is 8.09. The van der Waals surface area contributed by atoms with Crippen LogP contribution in [0.2, 0.25) is 0 Å². The van der Waals surface area contributed by atoms with Gasteiger partial charge in [0, 0.05) is 25.8 Å². The summed E-state index contributed by atoms with van der Waals surface area (Å²) in [6.45, 7) is 3.51. The standard InChI is InChI=1S/C16H28N2O2/c1-2-11-20-12-9-16(19)13-14-8-10-18(17-14)15-6-4-3-5-7-15/h8,10,15-16,19H,2-7,9,11-13H2,1H3. The number of ether oxygens (including phenoxy) is 1. The van der Waals surface area contributed by atoms with Crippen LogP contribution in [0.25, 0.3) is 0 Å². The molecule has 1 aliphatic rings. The van der Waals surface area contributed by atoms with Crippen LogP contribution >= 0.6 is 0 Å². The number of aliphatic hydroxyl groups is 1. The van der Waals surface area contributed by atoms with Crippen molar-refractivity contribution in [3.8, 4) is 0 Å². The summed E-state index contributed by atoms with van der Waals surface area (Å²) >= 11 is 0. The molecule has 1 aliphatic carbocycles. The number of aromatic nitrogens is 2. The van der Waals surface area contributed by atoms with E-state index in [9.17, 15) is 5.11 Å². The van der Waals surface area contributed by atoms with Crippen molar-refractivity contribution in [3.63, 3.8) is 0 Å². The van der Waals surface area contributed by atoms with E-state index < -0.39 is 0 Å². The van der Waals surface area contributed by atoms with Gasteiger partial charge in [-0.3, -0.25) is 4.68 Å². The molecule has 0 aromatic carbocycles. The molecule has 1 aromatic heterocycles. The second kappa shape index (κ2) is 8.42. The number of rotatable bonds is 8. The minimum absolute atomic E-state index is 0.346. The fraction of sp³-hybridized carbons (Fsp3) is 0.812. The minimum atomic E-state index is -0.346. The fourth-order valence-corrected chi connectivity index (χ4v) is 2.84. The molecule has 0 saturated heterocycles. The van der Waals surface area contributed by atoms with E-state index in [1.165, 1.54) is 32.1 Å². The first kappa shape index (κ1) is 15.5. The zero-order chi connectivity index (χ0) is 14.2. The summed E-state index contributed by atoms with van der Waals surface area (Å²) in [4.78, 5) is 0. The van der Waals surface area contributed by atoms with Gasteiger partial charge in [0.1, 0.15) is 0 Å². The highest BCUT2D eigenvalue weighted by molar-refractivity contribution is 5.01. The number of aliphatic hydroxyl groups excluding tert-OH is 1. The van der Waals surface area contributed by atoms with Gasteiger partial charge in [-0.05, 0) is 31.7 Å². The van der Waals surface area contributed by atoms with Gasteiger partial charge in [-0.1, -0.05) is 26.2 Å². The van der Waals surface area contributed by atoms with Gasteiger partial charge < -0.3 is 9.84 Å². The van der Waals surface area contributed by atoms with Gasteiger partial charge in [0.15, 0.2) is 0 Å². The molecule has 20 heavy (non-hydrogen) atoms. The lowest BCUT2D eigenvalue weighted by Gasteiger charge is -2.21. The molecule has 1 saturated carbocycles. The highest BCUT2D eigenvalue weighted by Crippen LogP contribution is 2.27. The maximum absolute atomic E-state index is 9.99. The van der Waals surface area contributed by atoms with Crippen LogP contribution < -0.4 is 0 Å². The van der Waals surface area contributed by atoms with E-state index in [0.29, 0.717) is 25.5 Å². The number of hydrogen-bond donors (Lipinski definition) is 1. The van der Waals surface area contributed by atoms with Crippen molar-refractivity contribution >= 4 is 0 Å². The SMILES string of the molecule is CCCOCCC(O)Cc1ccn(C2CCCCC2)n1. The van der Waals surface area contributed by atoms with Crippen LogP contribution in [-0.4, -0.2) is 34.2 Å². The molecule has 0 radical (unpaired) electrons. The maximum atomic E-state index is 9.99. The lowest BCUT2D eigenvalue weighted by molar-refractivity contribution is 0.0819. The Labute approximate surface area is 122 Å². The Bertz CT molecular complexity index is 372. The minimum Gasteiger partial charge on any atom is -0.393 e. The van der Waals surface area contributed by atoms with Crippen LogP contribution in [0.5, 0.6) is 0 Å². The van der Waals surface area contributed by atoms with E-state index in [1.54, 1.807) is 0 Å². The predicted octanol–water partition coefficient (Wildman–Crippen LogP) is 3.11. The third-order valence-corrected chi connectivity index (χ3v) is 4.00. The number of nitrogens with zero attached hydrogens (tertiary/aromatic N) is 2. The van der Waals surface area contributed by atoms with Crippen molar-refractivity contribution in [1.82, 2.24) is 9.78 Å². The van der Waals surface area contributed by atoms with Gasteiger partial charge in [0.25, 0.3) is 0 Å². The van der Waals surface area contributed by atoms with E-state index in [-0.39, 0.29) is 6.10 Å². The monoisotopic (exact) mass is 280 g/mol. The molecule has 0 spiro atoms. The van der Waals surface area contributed by atoms with Crippen molar-refractivity contribution in [3.05, 3.63) is 18.0 Å². The van der Waals surface area contributed by atoms with Crippen molar-refractivity contribution < 1.29 is 9.84 Å². The first-order chi connectivity index (χ1) is 9.79. The van der Waals surface area contributed by atoms with Gasteiger partial charge in [-0.25, -0.2) is 0 Å². The second-order valence-electron chi connectivity index (χ2n) is 5.84. The lowest BCUT2D eigenvalue weighted by Crippen LogP contribution is -2.16. The molecule has 0 amide bonds. The molecule has 0 aliphatic heterocycles. The van der Waals surface area contributed by atoms with E-state index in [0.717, 1.165) is 18.7 Å². The average Bonchev–Trinajstić information content (AvgIpc) is 2.93. The fourth-order valence-electron chi connectivity index (χ4n) is 2.84. The smallest absolute Gasteiger partial charge is 0.0650 e. The molecule has 114 valence electrons. The molecule has 0 bridgehead atoms. The van der Waals surface area contributed by atoms with Crippen molar-refractivity contribution in [2.24, 2.45) is 0 Å². The highest BCUT2D eigenvalue weighted by Gasteiger charge is 2.16. The Morgan fingerprint density at radius 1 is 1.35 bits per heavy atom. The Hall–Kier alpha value is -0.870. The average molecular weight is 280 g/mol. The topological polar surface area (TPSA) is 47.3 Å². The molecule has 4 nitrogen and oxygen atoms in total. The van der Waals surface area contributed by atoms with Crippen LogP contribution in [0.4, 0.5) is 0 Å². The highest BCUT2D eigenvalue weighted by atomic mass is 16.5. The van der Waals surface area contributed by atoms with Gasteiger partial charge in [-0.2, -0.15) is 5.10 Å². The summed E-state index contributed by atoms with van der Waals surface area (Å²) in [6.07, 6.45) is 10.6. The third kappa shape index (κ3) is 4.91. The van der Waals surface area contributed by atoms with E-state index in [1.807, 2.05) is 6.07 Å². The van der Waals surface area contributed by atoms with Crippen molar-refractivity contribution in [2.75, 3.05) is 13.2 Å². The summed E-state index contributed by atoms with van der Waals surface area (Å²) in [5, 5.41) is 14.6. The van der Waals surface area contributed by atoms with Gasteiger partial charge in [-0.15, -0.1) is 0 Å². The van der Waals surface area contributed by atoms with Gasteiger partial charge in [0.05, 0.1) is 17.8 Å². The Balaban J connectivity index is 1.74. The molecular weight excluding hydrogens is 252 g/mol. The molecule has 2 rings (SSSR count). The first-order valence-corrected chi connectivity index (χ1v) is 8.09. The third-order valence-electron chi connectivity index (χ3n) is 4.00. The normalized spacial score (nSPS) is 18.3. The molecule has 1 unspecified atom stereocenters. The molecular formula is C16H28N2O2.